The second-order valence-electron chi connectivity index (χ2n) is 5.87. The summed E-state index contributed by atoms with van der Waals surface area (Å²) in [7, 11) is 0. The highest BCUT2D eigenvalue weighted by atomic mass is 16.3. The highest BCUT2D eigenvalue weighted by molar-refractivity contribution is 6.01. The van der Waals surface area contributed by atoms with Crippen molar-refractivity contribution < 1.29 is 9.90 Å². The molecule has 0 saturated carbocycles. The molecule has 4 heteroatoms. The summed E-state index contributed by atoms with van der Waals surface area (Å²) < 4.78 is 1.66. The van der Waals surface area contributed by atoms with E-state index in [0.717, 1.165) is 16.6 Å². The fourth-order valence-corrected chi connectivity index (χ4v) is 2.93. The van der Waals surface area contributed by atoms with Crippen LogP contribution in [0.4, 0.5) is 0 Å². The zero-order valence-electron chi connectivity index (χ0n) is 13.5. The Labute approximate surface area is 145 Å². The normalized spacial score (nSPS) is 10.9. The first-order valence-electron chi connectivity index (χ1n) is 8.06. The number of rotatable bonds is 3. The Balaban J connectivity index is 1.84. The zero-order valence-corrected chi connectivity index (χ0v) is 13.5. The van der Waals surface area contributed by atoms with Crippen LogP contribution in [0.25, 0.3) is 11.0 Å². The highest BCUT2D eigenvalue weighted by Crippen LogP contribution is 2.21. The van der Waals surface area contributed by atoms with Crippen molar-refractivity contribution in [3.63, 3.8) is 0 Å². The molecular weight excluding hydrogens is 312 g/mol. The first-order chi connectivity index (χ1) is 12.2. The predicted octanol–water partition coefficient (Wildman–Crippen LogP) is 4.02. The van der Waals surface area contributed by atoms with Gasteiger partial charge in [-0.2, -0.15) is 0 Å². The monoisotopic (exact) mass is 328 g/mol. The highest BCUT2D eigenvalue weighted by Gasteiger charge is 2.18. The molecule has 4 rings (SSSR count). The van der Waals surface area contributed by atoms with Gasteiger partial charge in [0.25, 0.3) is 5.91 Å². The van der Waals surface area contributed by atoms with Crippen molar-refractivity contribution in [1.82, 2.24) is 9.55 Å². The van der Waals surface area contributed by atoms with Crippen molar-refractivity contribution in [2.75, 3.05) is 0 Å². The molecule has 1 heterocycles. The lowest BCUT2D eigenvalue weighted by molar-refractivity contribution is 0.0961. The zero-order chi connectivity index (χ0) is 17.2. The summed E-state index contributed by atoms with van der Waals surface area (Å²) in [5.74, 6) is 0.682. The lowest BCUT2D eigenvalue weighted by Crippen LogP contribution is -2.15. The van der Waals surface area contributed by atoms with Crippen LogP contribution >= 0.6 is 0 Å². The number of carbonyl (C=O) groups excluding carboxylic acids is 1. The number of carbonyl (C=O) groups is 1. The number of phenols is 1. The molecule has 0 atom stereocenters. The van der Waals surface area contributed by atoms with Crippen LogP contribution in [0, 0.1) is 0 Å². The van der Waals surface area contributed by atoms with Gasteiger partial charge in [-0.3, -0.25) is 9.36 Å². The van der Waals surface area contributed by atoms with Gasteiger partial charge in [0, 0.05) is 12.0 Å². The Morgan fingerprint density at radius 2 is 1.56 bits per heavy atom. The predicted molar refractivity (Wildman–Crippen MR) is 96.8 cm³/mol. The third kappa shape index (κ3) is 2.90. The van der Waals surface area contributed by atoms with Crippen LogP contribution in [0.3, 0.4) is 0 Å². The molecule has 3 aromatic carbocycles. The molecule has 4 aromatic rings. The van der Waals surface area contributed by atoms with E-state index in [1.54, 1.807) is 16.7 Å². The van der Waals surface area contributed by atoms with Gasteiger partial charge >= 0.3 is 0 Å². The van der Waals surface area contributed by atoms with E-state index in [1.165, 1.54) is 12.1 Å². The molecule has 0 spiro atoms. The number of hydrogen-bond acceptors (Lipinski definition) is 3. The fraction of sp³-hybridized carbons (Fsp3) is 0.0476. The maximum Gasteiger partial charge on any atom is 0.263 e. The minimum atomic E-state index is -0.153. The Morgan fingerprint density at radius 1 is 0.880 bits per heavy atom. The van der Waals surface area contributed by atoms with E-state index < -0.39 is 0 Å². The smallest absolute Gasteiger partial charge is 0.263 e. The molecule has 0 unspecified atom stereocenters. The Bertz CT molecular complexity index is 1030. The summed E-state index contributed by atoms with van der Waals surface area (Å²) in [5, 5.41) is 9.46. The first-order valence-corrected chi connectivity index (χ1v) is 8.06. The third-order valence-electron chi connectivity index (χ3n) is 4.15. The topological polar surface area (TPSA) is 55.1 Å². The maximum absolute atomic E-state index is 13.1. The van der Waals surface area contributed by atoms with Gasteiger partial charge in [-0.15, -0.1) is 0 Å². The van der Waals surface area contributed by atoms with Crippen LogP contribution in [0.2, 0.25) is 0 Å². The number of nitrogens with zero attached hydrogens (tertiary/aromatic N) is 2. The minimum Gasteiger partial charge on any atom is -0.508 e. The molecule has 4 nitrogen and oxygen atoms in total. The van der Waals surface area contributed by atoms with Crippen molar-refractivity contribution in [1.29, 1.82) is 0 Å². The standard InChI is InChI=1S/C21H16N2O2/c24-17-12-10-16(11-13-17)21(25)23-19-9-5-4-8-18(19)22-20(23)14-15-6-2-1-3-7-15/h1-13,24H,14H2. The van der Waals surface area contributed by atoms with Crippen LogP contribution in [-0.4, -0.2) is 20.6 Å². The molecule has 0 saturated heterocycles. The van der Waals surface area contributed by atoms with Gasteiger partial charge in [0.05, 0.1) is 11.0 Å². The minimum absolute atomic E-state index is 0.136. The second-order valence-corrected chi connectivity index (χ2v) is 5.87. The largest absolute Gasteiger partial charge is 0.508 e. The number of benzene rings is 3. The molecule has 0 aliphatic carbocycles. The summed E-state index contributed by atoms with van der Waals surface area (Å²) in [5.41, 5.74) is 3.18. The quantitative estimate of drug-likeness (QED) is 0.618. The molecule has 0 aliphatic rings. The second kappa shape index (κ2) is 6.24. The van der Waals surface area contributed by atoms with Crippen LogP contribution in [0.15, 0.2) is 78.9 Å². The van der Waals surface area contributed by atoms with Crippen molar-refractivity contribution in [3.05, 3.63) is 95.8 Å². The average Bonchev–Trinajstić information content (AvgIpc) is 3.00. The van der Waals surface area contributed by atoms with E-state index in [2.05, 4.69) is 4.98 Å². The number of hydrogen-bond donors (Lipinski definition) is 1. The number of phenolic OH excluding ortho intramolecular Hbond substituents is 1. The molecule has 0 fully saturated rings. The van der Waals surface area contributed by atoms with Gasteiger partial charge in [-0.1, -0.05) is 42.5 Å². The van der Waals surface area contributed by atoms with Gasteiger partial charge in [-0.25, -0.2) is 4.98 Å². The van der Waals surface area contributed by atoms with Crippen LogP contribution in [0.1, 0.15) is 21.7 Å². The van der Waals surface area contributed by atoms with E-state index >= 15 is 0 Å². The van der Waals surface area contributed by atoms with Crippen molar-refractivity contribution >= 4 is 16.9 Å². The molecule has 0 radical (unpaired) electrons. The molecule has 0 aliphatic heterocycles. The summed E-state index contributed by atoms with van der Waals surface area (Å²) in [6.07, 6.45) is 0.569. The lowest BCUT2D eigenvalue weighted by Gasteiger charge is -2.08. The van der Waals surface area contributed by atoms with Gasteiger partial charge in [-0.05, 0) is 42.0 Å². The molecule has 122 valence electrons. The average molecular weight is 328 g/mol. The van der Waals surface area contributed by atoms with Crippen LogP contribution in [-0.2, 0) is 6.42 Å². The van der Waals surface area contributed by atoms with E-state index in [4.69, 9.17) is 0 Å². The number of para-hydroxylation sites is 2. The van der Waals surface area contributed by atoms with Crippen LogP contribution in [0.5, 0.6) is 5.75 Å². The number of fused-ring (bicyclic) bond motifs is 1. The number of aromatic hydroxyl groups is 1. The maximum atomic E-state index is 13.1. The van der Waals surface area contributed by atoms with E-state index in [-0.39, 0.29) is 11.7 Å². The third-order valence-corrected chi connectivity index (χ3v) is 4.15. The van der Waals surface area contributed by atoms with E-state index in [1.807, 2.05) is 54.6 Å². The van der Waals surface area contributed by atoms with Crippen LogP contribution < -0.4 is 0 Å². The molecule has 1 aromatic heterocycles. The molecule has 1 N–H and O–H groups in total. The summed E-state index contributed by atoms with van der Waals surface area (Å²) >= 11 is 0. The SMILES string of the molecule is O=C(c1ccc(O)cc1)n1c(Cc2ccccc2)nc2ccccc21. The van der Waals surface area contributed by atoms with Crippen molar-refractivity contribution in [2.24, 2.45) is 0 Å². The molecule has 0 bridgehead atoms. The van der Waals surface area contributed by atoms with E-state index in [9.17, 15) is 9.90 Å². The van der Waals surface area contributed by atoms with Gasteiger partial charge in [0.2, 0.25) is 0 Å². The number of imidazole rings is 1. The Hall–Kier alpha value is -3.40. The van der Waals surface area contributed by atoms with Gasteiger partial charge in [0.15, 0.2) is 0 Å². The van der Waals surface area contributed by atoms with Crippen molar-refractivity contribution in [2.45, 2.75) is 6.42 Å². The molecule has 0 amide bonds. The summed E-state index contributed by atoms with van der Waals surface area (Å²) in [4.78, 5) is 17.7. The van der Waals surface area contributed by atoms with Crippen molar-refractivity contribution in [3.8, 4) is 5.75 Å². The number of aromatic nitrogens is 2. The lowest BCUT2D eigenvalue weighted by atomic mass is 10.1. The molecule has 25 heavy (non-hydrogen) atoms. The van der Waals surface area contributed by atoms with Gasteiger partial charge < -0.3 is 5.11 Å². The molecular formula is C21H16N2O2. The Morgan fingerprint density at radius 3 is 2.32 bits per heavy atom. The first kappa shape index (κ1) is 15.1. The summed E-state index contributed by atoms with van der Waals surface area (Å²) in [6.45, 7) is 0. The Kier molecular flexibility index (Phi) is 3.78. The van der Waals surface area contributed by atoms with Gasteiger partial charge in [0.1, 0.15) is 11.6 Å². The fourth-order valence-electron chi connectivity index (χ4n) is 2.93. The summed E-state index contributed by atoms with van der Waals surface area (Å²) in [6, 6.07) is 23.9. The van der Waals surface area contributed by atoms with E-state index in [0.29, 0.717) is 17.8 Å².